The van der Waals surface area contributed by atoms with Gasteiger partial charge in [-0.1, -0.05) is 12.1 Å². The van der Waals surface area contributed by atoms with Gasteiger partial charge in [0.2, 0.25) is 0 Å². The van der Waals surface area contributed by atoms with Crippen LogP contribution in [0.25, 0.3) is 5.65 Å². The van der Waals surface area contributed by atoms with Crippen molar-refractivity contribution in [2.75, 3.05) is 37.7 Å². The molecule has 1 aliphatic heterocycles. The Bertz CT molecular complexity index is 958. The lowest BCUT2D eigenvalue weighted by molar-refractivity contribution is 0.249. The maximum Gasteiger partial charge on any atom is 0.179 e. The lowest BCUT2D eigenvalue weighted by Gasteiger charge is -2.35. The summed E-state index contributed by atoms with van der Waals surface area (Å²) in [6, 6.07) is 10.5. The van der Waals surface area contributed by atoms with Crippen LogP contribution in [-0.4, -0.2) is 57.5 Å². The normalized spacial score (nSPS) is 18.0. The van der Waals surface area contributed by atoms with Gasteiger partial charge >= 0.3 is 0 Å². The quantitative estimate of drug-likeness (QED) is 0.657. The number of rotatable bonds is 6. The number of hydrogen-bond acceptors (Lipinski definition) is 6. The fraction of sp³-hybridized carbons (Fsp3) is 0.476. The third-order valence-corrected chi connectivity index (χ3v) is 5.57. The topological polar surface area (TPSA) is 58.8 Å². The molecular formula is C21H26N6O. The molecule has 7 nitrogen and oxygen atoms in total. The minimum atomic E-state index is 0.554. The predicted molar refractivity (Wildman–Crippen MR) is 108 cm³/mol. The maximum atomic E-state index is 5.62. The molecule has 2 aromatic heterocycles. The smallest absolute Gasteiger partial charge is 0.179 e. The zero-order valence-electron chi connectivity index (χ0n) is 16.3. The van der Waals surface area contributed by atoms with Gasteiger partial charge in [0, 0.05) is 44.7 Å². The molecule has 28 heavy (non-hydrogen) atoms. The van der Waals surface area contributed by atoms with Crippen LogP contribution in [0.4, 0.5) is 5.69 Å². The van der Waals surface area contributed by atoms with Crippen molar-refractivity contribution in [3.05, 3.63) is 47.9 Å². The van der Waals surface area contributed by atoms with Gasteiger partial charge in [-0.2, -0.15) is 9.61 Å². The first-order valence-corrected chi connectivity index (χ1v) is 10.2. The standard InChI is InChI=1S/C21H26N6O/c1-2-28-19-5-3-4-16(12-19)15-25-8-10-26(11-9-25)18-13-20-23-24-21(17-6-7-17)27(20)22-14-18/h3-5,12-14,17H,2,6-11,15H2,1H3. The monoisotopic (exact) mass is 378 g/mol. The molecule has 0 unspecified atom stereocenters. The average molecular weight is 378 g/mol. The van der Waals surface area contributed by atoms with E-state index in [1.54, 1.807) is 0 Å². The molecule has 0 bridgehead atoms. The van der Waals surface area contributed by atoms with Gasteiger partial charge in [0.15, 0.2) is 11.5 Å². The fourth-order valence-electron chi connectivity index (χ4n) is 3.89. The van der Waals surface area contributed by atoms with Crippen LogP contribution in [-0.2, 0) is 6.54 Å². The van der Waals surface area contributed by atoms with Crippen LogP contribution in [0.2, 0.25) is 0 Å². The maximum absolute atomic E-state index is 5.62. The second-order valence-electron chi connectivity index (χ2n) is 7.66. The molecule has 1 aromatic carbocycles. The van der Waals surface area contributed by atoms with E-state index >= 15 is 0 Å². The highest BCUT2D eigenvalue weighted by molar-refractivity contribution is 5.54. The summed E-state index contributed by atoms with van der Waals surface area (Å²) >= 11 is 0. The fourth-order valence-corrected chi connectivity index (χ4v) is 3.89. The SMILES string of the molecule is CCOc1cccc(CN2CCN(c3cnn4c(C5CC5)nnc4c3)CC2)c1. The van der Waals surface area contributed by atoms with Crippen molar-refractivity contribution in [3.63, 3.8) is 0 Å². The molecule has 2 fully saturated rings. The van der Waals surface area contributed by atoms with E-state index in [-0.39, 0.29) is 0 Å². The summed E-state index contributed by atoms with van der Waals surface area (Å²) in [6.45, 7) is 7.73. The number of anilines is 1. The van der Waals surface area contributed by atoms with E-state index in [0.717, 1.165) is 55.6 Å². The number of ether oxygens (including phenoxy) is 1. The molecule has 2 aliphatic rings. The number of benzene rings is 1. The molecule has 1 saturated heterocycles. The highest BCUT2D eigenvalue weighted by atomic mass is 16.5. The third kappa shape index (κ3) is 3.54. The van der Waals surface area contributed by atoms with Gasteiger partial charge in [-0.15, -0.1) is 10.2 Å². The number of fused-ring (bicyclic) bond motifs is 1. The van der Waals surface area contributed by atoms with E-state index in [2.05, 4.69) is 49.4 Å². The van der Waals surface area contributed by atoms with Gasteiger partial charge in [-0.05, 0) is 37.5 Å². The minimum Gasteiger partial charge on any atom is -0.494 e. The first kappa shape index (κ1) is 17.4. The summed E-state index contributed by atoms with van der Waals surface area (Å²) in [5.41, 5.74) is 3.30. The highest BCUT2D eigenvalue weighted by Gasteiger charge is 2.29. The van der Waals surface area contributed by atoms with E-state index < -0.39 is 0 Å². The van der Waals surface area contributed by atoms with E-state index in [1.807, 2.05) is 23.7 Å². The first-order chi connectivity index (χ1) is 13.8. The molecule has 0 N–H and O–H groups in total. The van der Waals surface area contributed by atoms with Crippen LogP contribution in [0, 0.1) is 0 Å². The number of aromatic nitrogens is 4. The number of piperazine rings is 1. The molecular weight excluding hydrogens is 352 g/mol. The van der Waals surface area contributed by atoms with Crippen molar-refractivity contribution in [2.45, 2.75) is 32.2 Å². The molecule has 1 aliphatic carbocycles. The Hall–Kier alpha value is -2.67. The molecule has 7 heteroatoms. The largest absolute Gasteiger partial charge is 0.494 e. The van der Waals surface area contributed by atoms with Crippen molar-refractivity contribution in [2.24, 2.45) is 0 Å². The van der Waals surface area contributed by atoms with E-state index in [4.69, 9.17) is 4.74 Å². The van der Waals surface area contributed by atoms with E-state index in [1.165, 1.54) is 18.4 Å². The van der Waals surface area contributed by atoms with Crippen molar-refractivity contribution in [1.29, 1.82) is 0 Å². The Balaban J connectivity index is 1.22. The van der Waals surface area contributed by atoms with Gasteiger partial charge in [0.1, 0.15) is 5.75 Å². The summed E-state index contributed by atoms with van der Waals surface area (Å²) in [4.78, 5) is 4.89. The van der Waals surface area contributed by atoms with Crippen LogP contribution >= 0.6 is 0 Å². The highest BCUT2D eigenvalue weighted by Crippen LogP contribution is 2.38. The van der Waals surface area contributed by atoms with E-state index in [0.29, 0.717) is 12.5 Å². The second-order valence-corrected chi connectivity index (χ2v) is 7.66. The zero-order chi connectivity index (χ0) is 18.9. The van der Waals surface area contributed by atoms with Gasteiger partial charge in [0.05, 0.1) is 18.5 Å². The Kier molecular flexibility index (Phi) is 4.60. The minimum absolute atomic E-state index is 0.554. The van der Waals surface area contributed by atoms with Gasteiger partial charge < -0.3 is 9.64 Å². The second kappa shape index (κ2) is 7.39. The molecule has 0 amide bonds. The van der Waals surface area contributed by atoms with Crippen LogP contribution < -0.4 is 9.64 Å². The van der Waals surface area contributed by atoms with Gasteiger partial charge in [-0.25, -0.2) is 0 Å². The zero-order valence-corrected chi connectivity index (χ0v) is 16.3. The first-order valence-electron chi connectivity index (χ1n) is 10.2. The Morgan fingerprint density at radius 2 is 1.93 bits per heavy atom. The van der Waals surface area contributed by atoms with Crippen LogP contribution in [0.5, 0.6) is 5.75 Å². The molecule has 5 rings (SSSR count). The Morgan fingerprint density at radius 1 is 1.07 bits per heavy atom. The van der Waals surface area contributed by atoms with Crippen molar-refractivity contribution in [3.8, 4) is 5.75 Å². The molecule has 3 aromatic rings. The average Bonchev–Trinajstić information content (AvgIpc) is 3.48. The predicted octanol–water partition coefficient (Wildman–Crippen LogP) is 2.72. The molecule has 1 saturated carbocycles. The lowest BCUT2D eigenvalue weighted by atomic mass is 10.2. The Labute approximate surface area is 164 Å². The van der Waals surface area contributed by atoms with Crippen molar-refractivity contribution < 1.29 is 4.74 Å². The van der Waals surface area contributed by atoms with Crippen molar-refractivity contribution in [1.82, 2.24) is 24.7 Å². The lowest BCUT2D eigenvalue weighted by Crippen LogP contribution is -2.46. The molecule has 146 valence electrons. The van der Waals surface area contributed by atoms with Crippen molar-refractivity contribution >= 4 is 11.3 Å². The van der Waals surface area contributed by atoms with Crippen LogP contribution in [0.1, 0.15) is 37.1 Å². The molecule has 0 radical (unpaired) electrons. The molecule has 0 atom stereocenters. The summed E-state index contributed by atoms with van der Waals surface area (Å²) in [6.07, 6.45) is 4.38. The van der Waals surface area contributed by atoms with Gasteiger partial charge in [-0.3, -0.25) is 4.90 Å². The van der Waals surface area contributed by atoms with Gasteiger partial charge in [0.25, 0.3) is 0 Å². The summed E-state index contributed by atoms with van der Waals surface area (Å²) in [5.74, 6) is 2.52. The molecule has 3 heterocycles. The summed E-state index contributed by atoms with van der Waals surface area (Å²) < 4.78 is 7.52. The Morgan fingerprint density at radius 3 is 2.71 bits per heavy atom. The third-order valence-electron chi connectivity index (χ3n) is 5.57. The molecule has 0 spiro atoms. The number of hydrogen-bond donors (Lipinski definition) is 0. The summed E-state index contributed by atoms with van der Waals surface area (Å²) in [7, 11) is 0. The van der Waals surface area contributed by atoms with E-state index in [9.17, 15) is 0 Å². The van der Waals surface area contributed by atoms with Crippen LogP contribution in [0.15, 0.2) is 36.5 Å². The van der Waals surface area contributed by atoms with Crippen LogP contribution in [0.3, 0.4) is 0 Å². The number of nitrogens with zero attached hydrogens (tertiary/aromatic N) is 6. The summed E-state index contributed by atoms with van der Waals surface area (Å²) in [5, 5.41) is 13.3.